The molecule has 0 bridgehead atoms. The second-order valence-corrected chi connectivity index (χ2v) is 3.24. The molecule has 0 radical (unpaired) electrons. The van der Waals surface area contributed by atoms with Crippen LogP contribution in [0.1, 0.15) is 27.2 Å². The molecule has 0 aliphatic rings. The van der Waals surface area contributed by atoms with E-state index < -0.39 is 5.79 Å². The number of nitrogens with two attached hydrogens (primary N) is 3. The van der Waals surface area contributed by atoms with Gasteiger partial charge in [-0.15, -0.1) is 0 Å². The predicted octanol–water partition coefficient (Wildman–Crippen LogP) is -0.363. The first-order valence-electron chi connectivity index (χ1n) is 4.54. The third kappa shape index (κ3) is 2.71. The minimum Gasteiger partial charge on any atom is -0.326 e. The molecule has 0 aromatic carbocycles. The van der Waals surface area contributed by atoms with Gasteiger partial charge in [-0.1, -0.05) is 13.8 Å². The van der Waals surface area contributed by atoms with E-state index in [1.165, 1.54) is 0 Å². The zero-order valence-electron chi connectivity index (χ0n) is 8.38. The van der Waals surface area contributed by atoms with E-state index >= 15 is 0 Å². The summed E-state index contributed by atoms with van der Waals surface area (Å²) in [5.74, 6) is -0.857. The lowest BCUT2D eigenvalue weighted by Crippen LogP contribution is -2.69. The molecule has 0 aromatic rings. The Labute approximate surface area is 75.1 Å². The van der Waals surface area contributed by atoms with Gasteiger partial charge in [-0.2, -0.15) is 0 Å². The Hall–Kier alpha value is -0.160. The monoisotopic (exact) mass is 174 g/mol. The predicted molar refractivity (Wildman–Crippen MR) is 52.3 cm³/mol. The lowest BCUT2D eigenvalue weighted by atomic mass is 10.1. The fourth-order valence-electron chi connectivity index (χ4n) is 1.35. The molecule has 0 aromatic heterocycles. The van der Waals surface area contributed by atoms with Crippen LogP contribution in [0, 0.1) is 0 Å². The molecule has 0 saturated heterocycles. The van der Waals surface area contributed by atoms with Crippen molar-refractivity contribution in [1.29, 1.82) is 0 Å². The van der Waals surface area contributed by atoms with E-state index in [0.29, 0.717) is 6.04 Å². The fourth-order valence-corrected chi connectivity index (χ4v) is 1.35. The Morgan fingerprint density at radius 2 is 1.83 bits per heavy atom. The highest BCUT2D eigenvalue weighted by Crippen LogP contribution is 2.08. The van der Waals surface area contributed by atoms with Crippen LogP contribution in [0.2, 0.25) is 0 Å². The zero-order chi connectivity index (χ0) is 9.78. The molecule has 0 fully saturated rings. The molecular formula is C8H22N4. The van der Waals surface area contributed by atoms with E-state index in [0.717, 1.165) is 13.0 Å². The second kappa shape index (κ2) is 4.77. The molecule has 0 amide bonds. The van der Waals surface area contributed by atoms with Gasteiger partial charge in [0.2, 0.25) is 0 Å². The minimum absolute atomic E-state index is 0.283. The maximum Gasteiger partial charge on any atom is 0.133 e. The molecule has 0 rings (SSSR count). The Morgan fingerprint density at radius 3 is 2.08 bits per heavy atom. The maximum absolute atomic E-state index is 5.83. The largest absolute Gasteiger partial charge is 0.326 e. The number of hydrogen-bond donors (Lipinski definition) is 3. The van der Waals surface area contributed by atoms with Gasteiger partial charge in [-0.25, -0.2) is 0 Å². The fraction of sp³-hybridized carbons (Fsp3) is 1.00. The molecule has 0 aliphatic carbocycles. The number of likely N-dealkylation sites (N-methyl/N-ethyl adjacent to an activating group) is 1. The molecule has 0 aliphatic heterocycles. The standard InChI is InChI=1S/C8H22N4/c1-4-7(3)12(5-2)8(10,11)6-9/h7H,4-6,9-11H2,1-3H3. The van der Waals surface area contributed by atoms with Gasteiger partial charge < -0.3 is 5.73 Å². The van der Waals surface area contributed by atoms with Crippen molar-refractivity contribution >= 4 is 0 Å². The summed E-state index contributed by atoms with van der Waals surface area (Å²) in [5, 5.41) is 0. The Kier molecular flexibility index (Phi) is 4.70. The molecular weight excluding hydrogens is 152 g/mol. The van der Waals surface area contributed by atoms with Crippen LogP contribution in [0.5, 0.6) is 0 Å². The lowest BCUT2D eigenvalue weighted by Gasteiger charge is -2.40. The number of nitrogens with zero attached hydrogens (tertiary/aromatic N) is 1. The van der Waals surface area contributed by atoms with Crippen molar-refractivity contribution in [3.05, 3.63) is 0 Å². The molecule has 74 valence electrons. The SMILES string of the molecule is CCC(C)N(CC)C(N)(N)CN. The minimum atomic E-state index is -0.857. The molecule has 4 heteroatoms. The summed E-state index contributed by atoms with van der Waals surface area (Å²) in [7, 11) is 0. The van der Waals surface area contributed by atoms with E-state index in [9.17, 15) is 0 Å². The molecule has 4 nitrogen and oxygen atoms in total. The van der Waals surface area contributed by atoms with Gasteiger partial charge >= 0.3 is 0 Å². The number of rotatable bonds is 5. The van der Waals surface area contributed by atoms with E-state index in [2.05, 4.69) is 13.8 Å². The highest BCUT2D eigenvalue weighted by molar-refractivity contribution is 4.81. The summed E-state index contributed by atoms with van der Waals surface area (Å²) in [6, 6.07) is 0.383. The van der Waals surface area contributed by atoms with Crippen molar-refractivity contribution in [3.8, 4) is 0 Å². The molecule has 0 spiro atoms. The summed E-state index contributed by atoms with van der Waals surface area (Å²) in [6.07, 6.45) is 1.03. The first kappa shape index (κ1) is 11.8. The Morgan fingerprint density at radius 1 is 1.33 bits per heavy atom. The zero-order valence-corrected chi connectivity index (χ0v) is 8.38. The smallest absolute Gasteiger partial charge is 0.133 e. The van der Waals surface area contributed by atoms with Crippen molar-refractivity contribution in [2.45, 2.75) is 39.0 Å². The van der Waals surface area contributed by atoms with Crippen LogP contribution in [0.25, 0.3) is 0 Å². The lowest BCUT2D eigenvalue weighted by molar-refractivity contribution is 0.0676. The summed E-state index contributed by atoms with van der Waals surface area (Å²) in [4.78, 5) is 2.02. The van der Waals surface area contributed by atoms with Crippen LogP contribution in [-0.2, 0) is 0 Å². The van der Waals surface area contributed by atoms with Gasteiger partial charge in [0.15, 0.2) is 0 Å². The number of hydrogen-bond acceptors (Lipinski definition) is 4. The molecule has 1 atom stereocenters. The highest BCUT2D eigenvalue weighted by atomic mass is 15.4. The first-order chi connectivity index (χ1) is 5.49. The van der Waals surface area contributed by atoms with Gasteiger partial charge in [-0.05, 0) is 19.9 Å². The van der Waals surface area contributed by atoms with Crippen LogP contribution < -0.4 is 17.2 Å². The third-order valence-electron chi connectivity index (χ3n) is 2.33. The first-order valence-corrected chi connectivity index (χ1v) is 4.54. The second-order valence-electron chi connectivity index (χ2n) is 3.24. The van der Waals surface area contributed by atoms with E-state index in [1.807, 2.05) is 11.8 Å². The quantitative estimate of drug-likeness (QED) is 0.497. The van der Waals surface area contributed by atoms with Gasteiger partial charge in [0.25, 0.3) is 0 Å². The topological polar surface area (TPSA) is 81.3 Å². The van der Waals surface area contributed by atoms with Crippen LogP contribution in [0.3, 0.4) is 0 Å². The third-order valence-corrected chi connectivity index (χ3v) is 2.33. The van der Waals surface area contributed by atoms with Gasteiger partial charge in [0.1, 0.15) is 5.79 Å². The molecule has 0 heterocycles. The van der Waals surface area contributed by atoms with Gasteiger partial charge in [0.05, 0.1) is 0 Å². The Balaban J connectivity index is 4.32. The van der Waals surface area contributed by atoms with E-state index in [4.69, 9.17) is 17.2 Å². The van der Waals surface area contributed by atoms with Crippen LogP contribution >= 0.6 is 0 Å². The van der Waals surface area contributed by atoms with Crippen molar-refractivity contribution in [2.24, 2.45) is 17.2 Å². The molecule has 12 heavy (non-hydrogen) atoms. The highest BCUT2D eigenvalue weighted by Gasteiger charge is 2.28. The summed E-state index contributed by atoms with van der Waals surface area (Å²) in [6.45, 7) is 7.37. The normalized spacial score (nSPS) is 15.2. The van der Waals surface area contributed by atoms with Crippen molar-refractivity contribution < 1.29 is 0 Å². The Bertz CT molecular complexity index is 124. The average Bonchev–Trinajstić information content (AvgIpc) is 2.05. The van der Waals surface area contributed by atoms with Gasteiger partial charge in [0, 0.05) is 12.6 Å². The van der Waals surface area contributed by atoms with Gasteiger partial charge in [-0.3, -0.25) is 16.4 Å². The molecule has 0 saturated carbocycles. The van der Waals surface area contributed by atoms with Crippen molar-refractivity contribution in [1.82, 2.24) is 4.90 Å². The molecule has 6 N–H and O–H groups in total. The van der Waals surface area contributed by atoms with E-state index in [1.54, 1.807) is 0 Å². The van der Waals surface area contributed by atoms with Crippen LogP contribution in [0.4, 0.5) is 0 Å². The van der Waals surface area contributed by atoms with Crippen molar-refractivity contribution in [3.63, 3.8) is 0 Å². The van der Waals surface area contributed by atoms with Crippen LogP contribution in [-0.4, -0.2) is 29.8 Å². The van der Waals surface area contributed by atoms with E-state index in [-0.39, 0.29) is 6.54 Å². The summed E-state index contributed by atoms with van der Waals surface area (Å²) in [5.41, 5.74) is 17.1. The summed E-state index contributed by atoms with van der Waals surface area (Å²) >= 11 is 0. The maximum atomic E-state index is 5.83. The van der Waals surface area contributed by atoms with Crippen molar-refractivity contribution in [2.75, 3.05) is 13.1 Å². The average molecular weight is 174 g/mol. The van der Waals surface area contributed by atoms with Crippen LogP contribution in [0.15, 0.2) is 0 Å². The molecule has 1 unspecified atom stereocenters. The summed E-state index contributed by atoms with van der Waals surface area (Å²) < 4.78 is 0.